The van der Waals surface area contributed by atoms with Gasteiger partial charge in [-0.05, 0) is 48.9 Å². The number of halogens is 4. The summed E-state index contributed by atoms with van der Waals surface area (Å²) in [6, 6.07) is 7.71. The summed E-state index contributed by atoms with van der Waals surface area (Å²) in [4.78, 5) is 27.9. The summed E-state index contributed by atoms with van der Waals surface area (Å²) < 4.78 is 49.8. The molecule has 0 unspecified atom stereocenters. The summed E-state index contributed by atoms with van der Waals surface area (Å²) in [5.41, 5.74) is -0.0743. The minimum absolute atomic E-state index is 0.133. The van der Waals surface area contributed by atoms with Crippen molar-refractivity contribution in [2.24, 2.45) is 0 Å². The van der Waals surface area contributed by atoms with Gasteiger partial charge in [0.25, 0.3) is 5.91 Å². The third kappa shape index (κ3) is 6.69. The second-order valence-electron chi connectivity index (χ2n) is 6.71. The molecule has 0 aliphatic carbocycles. The monoisotopic (exact) mass is 498 g/mol. The molecule has 0 atom stereocenters. The molecule has 1 aromatic heterocycles. The van der Waals surface area contributed by atoms with Gasteiger partial charge >= 0.3 is 6.18 Å². The molecule has 0 fully saturated rings. The number of aromatic nitrogens is 1. The predicted molar refractivity (Wildman–Crippen MR) is 118 cm³/mol. The Bertz CT molecular complexity index is 1150. The lowest BCUT2D eigenvalue weighted by Gasteiger charge is -2.12. The molecule has 0 radical (unpaired) electrons. The van der Waals surface area contributed by atoms with Crippen molar-refractivity contribution >= 4 is 40.3 Å². The van der Waals surface area contributed by atoms with Crippen molar-refractivity contribution in [3.05, 3.63) is 69.2 Å². The summed E-state index contributed by atoms with van der Waals surface area (Å²) in [5, 5.41) is 3.05. The van der Waals surface area contributed by atoms with Crippen LogP contribution in [0.3, 0.4) is 0 Å². The number of nitrogens with one attached hydrogen (secondary N) is 1. The van der Waals surface area contributed by atoms with Crippen LogP contribution < -0.4 is 14.8 Å². The van der Waals surface area contributed by atoms with E-state index in [4.69, 9.17) is 21.1 Å². The van der Waals surface area contributed by atoms with E-state index in [-0.39, 0.29) is 23.2 Å². The topological polar surface area (TPSA) is 77.5 Å². The molecule has 6 nitrogen and oxygen atoms in total. The van der Waals surface area contributed by atoms with Crippen LogP contribution in [-0.2, 0) is 17.4 Å². The van der Waals surface area contributed by atoms with E-state index in [1.165, 1.54) is 30.5 Å². The largest absolute Gasteiger partial charge is 0.490 e. The fraction of sp³-hybridized carbons (Fsp3) is 0.227. The van der Waals surface area contributed by atoms with Crippen molar-refractivity contribution in [2.75, 3.05) is 18.5 Å². The van der Waals surface area contributed by atoms with Gasteiger partial charge in [0.2, 0.25) is 0 Å². The third-order valence-electron chi connectivity index (χ3n) is 4.30. The molecule has 1 amide bonds. The number of hydrogen-bond donors (Lipinski definition) is 1. The van der Waals surface area contributed by atoms with Gasteiger partial charge < -0.3 is 9.47 Å². The van der Waals surface area contributed by atoms with Gasteiger partial charge in [-0.25, -0.2) is 4.98 Å². The molecule has 0 saturated carbocycles. The molecule has 0 spiro atoms. The van der Waals surface area contributed by atoms with Gasteiger partial charge in [-0.3, -0.25) is 14.9 Å². The number of carbonyl (C=O) groups is 2. The molecule has 0 bridgehead atoms. The van der Waals surface area contributed by atoms with Crippen LogP contribution in [0.4, 0.5) is 18.3 Å². The molecule has 3 aromatic rings. The Morgan fingerprint density at radius 1 is 1.18 bits per heavy atom. The number of benzene rings is 2. The highest BCUT2D eigenvalue weighted by Gasteiger charge is 2.31. The zero-order valence-corrected chi connectivity index (χ0v) is 18.8. The van der Waals surface area contributed by atoms with Crippen LogP contribution >= 0.6 is 22.9 Å². The average molecular weight is 499 g/mol. The standard InChI is InChI=1S/C22H18ClF3N2O4S/c1-2-31-19-7-13(11-29)3-6-18(19)32-12-20(30)28-21-27-10-16(33-21)9-14-8-15(22(24,25)26)4-5-17(14)23/h3-8,10-11H,2,9,12H2,1H3,(H,27,28,30). The van der Waals surface area contributed by atoms with Crippen LogP contribution in [0, 0.1) is 0 Å². The zero-order chi connectivity index (χ0) is 24.0. The maximum absolute atomic E-state index is 13.0. The highest BCUT2D eigenvalue weighted by molar-refractivity contribution is 7.15. The molecular formula is C22H18ClF3N2O4S. The molecule has 0 saturated heterocycles. The van der Waals surface area contributed by atoms with Crippen molar-refractivity contribution in [3.63, 3.8) is 0 Å². The van der Waals surface area contributed by atoms with E-state index in [1.807, 2.05) is 0 Å². The maximum Gasteiger partial charge on any atom is 0.416 e. The number of amides is 1. The second-order valence-corrected chi connectivity index (χ2v) is 8.23. The van der Waals surface area contributed by atoms with Gasteiger partial charge in [-0.1, -0.05) is 11.6 Å². The first-order chi connectivity index (χ1) is 15.7. The van der Waals surface area contributed by atoms with Crippen LogP contribution in [0.2, 0.25) is 5.02 Å². The van der Waals surface area contributed by atoms with Crippen molar-refractivity contribution in [1.29, 1.82) is 0 Å². The van der Waals surface area contributed by atoms with Gasteiger partial charge in [0.05, 0.1) is 12.2 Å². The Balaban J connectivity index is 1.61. The Labute approximate surface area is 196 Å². The van der Waals surface area contributed by atoms with E-state index in [0.717, 1.165) is 23.5 Å². The molecule has 11 heteroatoms. The van der Waals surface area contributed by atoms with E-state index < -0.39 is 17.6 Å². The number of hydrogen-bond acceptors (Lipinski definition) is 6. The number of anilines is 1. The lowest BCUT2D eigenvalue weighted by Crippen LogP contribution is -2.20. The number of ether oxygens (including phenoxy) is 2. The quantitative estimate of drug-likeness (QED) is 0.387. The van der Waals surface area contributed by atoms with E-state index in [0.29, 0.717) is 40.4 Å². The number of nitrogens with zero attached hydrogens (tertiary/aromatic N) is 1. The molecule has 0 aliphatic heterocycles. The number of aldehydes is 1. The SMILES string of the molecule is CCOc1cc(C=O)ccc1OCC(=O)Nc1ncc(Cc2cc(C(F)(F)F)ccc2Cl)s1. The number of thiazole rings is 1. The molecule has 0 aliphatic rings. The van der Waals surface area contributed by atoms with E-state index in [9.17, 15) is 22.8 Å². The summed E-state index contributed by atoms with van der Waals surface area (Å²) in [6.07, 6.45) is -2.20. The summed E-state index contributed by atoms with van der Waals surface area (Å²) in [5.74, 6) is 0.149. The van der Waals surface area contributed by atoms with E-state index in [1.54, 1.807) is 6.92 Å². The van der Waals surface area contributed by atoms with Crippen molar-refractivity contribution in [1.82, 2.24) is 4.98 Å². The smallest absolute Gasteiger partial charge is 0.416 e. The van der Waals surface area contributed by atoms with Crippen LogP contribution in [0.5, 0.6) is 11.5 Å². The molecule has 2 aromatic carbocycles. The minimum atomic E-state index is -4.47. The third-order valence-corrected chi connectivity index (χ3v) is 5.58. The number of rotatable bonds is 9. The fourth-order valence-electron chi connectivity index (χ4n) is 2.81. The first-order valence-electron chi connectivity index (χ1n) is 9.64. The van der Waals surface area contributed by atoms with Crippen molar-refractivity contribution in [2.45, 2.75) is 19.5 Å². The first-order valence-corrected chi connectivity index (χ1v) is 10.8. The Hall–Kier alpha value is -3.11. The van der Waals surface area contributed by atoms with Gasteiger partial charge in [-0.2, -0.15) is 13.2 Å². The second kappa shape index (κ2) is 10.7. The van der Waals surface area contributed by atoms with E-state index >= 15 is 0 Å². The molecule has 3 rings (SSSR count). The Morgan fingerprint density at radius 3 is 2.67 bits per heavy atom. The highest BCUT2D eigenvalue weighted by Crippen LogP contribution is 2.33. The summed E-state index contributed by atoms with van der Waals surface area (Å²) >= 11 is 7.16. The summed E-state index contributed by atoms with van der Waals surface area (Å²) in [7, 11) is 0. The lowest BCUT2D eigenvalue weighted by atomic mass is 10.1. The zero-order valence-electron chi connectivity index (χ0n) is 17.2. The molecule has 1 N–H and O–H groups in total. The van der Waals surface area contributed by atoms with Crippen LogP contribution in [0.25, 0.3) is 0 Å². The average Bonchev–Trinajstić information content (AvgIpc) is 3.20. The van der Waals surface area contributed by atoms with Gasteiger partial charge in [0.1, 0.15) is 6.29 Å². The number of alkyl halides is 3. The highest BCUT2D eigenvalue weighted by atomic mass is 35.5. The Kier molecular flexibility index (Phi) is 7.93. The molecular weight excluding hydrogens is 481 g/mol. The predicted octanol–water partition coefficient (Wildman–Crippen LogP) is 5.63. The normalized spacial score (nSPS) is 11.2. The lowest BCUT2D eigenvalue weighted by molar-refractivity contribution is -0.137. The molecule has 1 heterocycles. The minimum Gasteiger partial charge on any atom is -0.490 e. The fourth-order valence-corrected chi connectivity index (χ4v) is 3.84. The van der Waals surface area contributed by atoms with Gasteiger partial charge in [0, 0.05) is 28.1 Å². The van der Waals surface area contributed by atoms with Crippen LogP contribution in [-0.4, -0.2) is 30.4 Å². The molecule has 33 heavy (non-hydrogen) atoms. The molecule has 174 valence electrons. The van der Waals surface area contributed by atoms with Crippen LogP contribution in [0.15, 0.2) is 42.6 Å². The van der Waals surface area contributed by atoms with Crippen molar-refractivity contribution in [3.8, 4) is 11.5 Å². The first kappa shape index (κ1) is 24.5. The maximum atomic E-state index is 13.0. The Morgan fingerprint density at radius 2 is 1.97 bits per heavy atom. The number of carbonyl (C=O) groups excluding carboxylic acids is 2. The van der Waals surface area contributed by atoms with Gasteiger partial charge in [0.15, 0.2) is 23.2 Å². The van der Waals surface area contributed by atoms with E-state index in [2.05, 4.69) is 10.3 Å². The summed E-state index contributed by atoms with van der Waals surface area (Å²) in [6.45, 7) is 1.79. The van der Waals surface area contributed by atoms with Crippen molar-refractivity contribution < 1.29 is 32.2 Å². The van der Waals surface area contributed by atoms with Gasteiger partial charge in [-0.15, -0.1) is 11.3 Å². The van der Waals surface area contributed by atoms with Crippen LogP contribution in [0.1, 0.15) is 33.3 Å².